The number of aromatic amines is 4. The third-order valence-corrected chi connectivity index (χ3v) is 19.1. The van der Waals surface area contributed by atoms with E-state index in [2.05, 4.69) is 171 Å². The van der Waals surface area contributed by atoms with E-state index in [0.717, 1.165) is 183 Å². The highest BCUT2D eigenvalue weighted by molar-refractivity contribution is 5.94. The number of unbranched alkanes of at least 4 members (excludes halogenated alkanes) is 3. The molecule has 4 aromatic heterocycles. The number of ether oxygens (including phenoxy) is 4. The fraction of sp³-hybridized carbons (Fsp3) is 0.393. The van der Waals surface area contributed by atoms with Gasteiger partial charge in [0.2, 0.25) is 5.91 Å². The van der Waals surface area contributed by atoms with Crippen molar-refractivity contribution in [1.29, 1.82) is 0 Å². The first kappa shape index (κ1) is 84.7. The first-order valence-electron chi connectivity index (χ1n) is 38.7. The number of nitrogens with zero attached hydrogens (tertiary/aromatic N) is 8. The summed E-state index contributed by atoms with van der Waals surface area (Å²) < 4.78 is 50.5. The highest BCUT2D eigenvalue weighted by atomic mass is 19.3. The van der Waals surface area contributed by atoms with Gasteiger partial charge in [-0.05, 0) is 199 Å². The van der Waals surface area contributed by atoms with Crippen LogP contribution >= 0.6 is 0 Å². The Hall–Kier alpha value is -10.4. The highest BCUT2D eigenvalue weighted by Gasteiger charge is 2.24. The third-order valence-electron chi connectivity index (χ3n) is 19.1. The molecule has 0 fully saturated rings. The quantitative estimate of drug-likeness (QED) is 0.0203. The molecule has 0 saturated carbocycles. The van der Waals surface area contributed by atoms with E-state index in [1.54, 1.807) is 19.1 Å². The Bertz CT molecular complexity index is 4700. The van der Waals surface area contributed by atoms with Gasteiger partial charge in [-0.25, -0.2) is 8.78 Å². The molecule has 0 aliphatic rings. The van der Waals surface area contributed by atoms with E-state index in [4.69, 9.17) is 18.9 Å². The normalized spacial score (nSPS) is 11.6. The average molecular weight is 1510 g/mol. The number of anilines is 1. The van der Waals surface area contributed by atoms with Crippen molar-refractivity contribution < 1.29 is 37.3 Å². The Morgan fingerprint density at radius 3 is 1.07 bits per heavy atom. The molecule has 0 bridgehead atoms. The fourth-order valence-electron chi connectivity index (χ4n) is 12.4. The first-order chi connectivity index (χ1) is 53.3. The molecule has 1 amide bonds. The van der Waals surface area contributed by atoms with Crippen molar-refractivity contribution in [2.75, 3.05) is 73.3 Å². The summed E-state index contributed by atoms with van der Waals surface area (Å²) in [5, 5.41) is 40.5. The Kier molecular flexibility index (Phi) is 31.7. The van der Waals surface area contributed by atoms with Gasteiger partial charge in [0.15, 0.2) is 5.78 Å². The topological polar surface area (TPSA) is 223 Å². The van der Waals surface area contributed by atoms with E-state index in [0.29, 0.717) is 26.4 Å². The van der Waals surface area contributed by atoms with Gasteiger partial charge in [0, 0.05) is 91.5 Å². The van der Waals surface area contributed by atoms with Crippen LogP contribution in [0.3, 0.4) is 0 Å². The van der Waals surface area contributed by atoms with Gasteiger partial charge in [-0.2, -0.15) is 20.4 Å². The van der Waals surface area contributed by atoms with Crippen molar-refractivity contribution in [2.24, 2.45) is 0 Å². The van der Waals surface area contributed by atoms with Crippen LogP contribution in [-0.2, 0) is 68.7 Å². The molecule has 590 valence electrons. The number of H-pyrrole nitrogens is 4. The lowest BCUT2D eigenvalue weighted by atomic mass is 9.87. The van der Waals surface area contributed by atoms with Crippen molar-refractivity contribution >= 4 is 61.0 Å². The number of benzene rings is 8. The number of Topliss-reactive ketones (excluding diaryl/α,β-unsaturated/α-hetero) is 1. The van der Waals surface area contributed by atoms with Gasteiger partial charge in [-0.15, -0.1) is 0 Å². The summed E-state index contributed by atoms with van der Waals surface area (Å²) >= 11 is 0. The van der Waals surface area contributed by atoms with E-state index >= 15 is 0 Å². The summed E-state index contributed by atoms with van der Waals surface area (Å²) in [4.78, 5) is 31.7. The molecule has 20 nitrogen and oxygen atoms in total. The summed E-state index contributed by atoms with van der Waals surface area (Å²) in [6, 6.07) is 54.0. The number of halogens is 2. The number of fused-ring (bicyclic) bond motifs is 4. The maximum atomic E-state index is 13.3. The smallest absolute Gasteiger partial charge is 0.270 e. The minimum Gasteiger partial charge on any atom is -0.489 e. The molecule has 8 aromatic carbocycles. The van der Waals surface area contributed by atoms with Crippen LogP contribution in [0.15, 0.2) is 170 Å². The monoisotopic (exact) mass is 1510 g/mol. The van der Waals surface area contributed by atoms with Crippen LogP contribution < -0.4 is 29.6 Å². The van der Waals surface area contributed by atoms with Gasteiger partial charge >= 0.3 is 0 Å². The number of amides is 1. The summed E-state index contributed by atoms with van der Waals surface area (Å²) in [6.45, 7) is 27.5. The lowest BCUT2D eigenvalue weighted by molar-refractivity contribution is -0.114. The summed E-state index contributed by atoms with van der Waals surface area (Å²) in [5.74, 6) is 0.379. The zero-order valence-electron chi connectivity index (χ0n) is 67.4. The molecule has 12 aromatic rings. The Balaban J connectivity index is 0.000000170. The first-order valence-corrected chi connectivity index (χ1v) is 38.7. The lowest BCUT2D eigenvalue weighted by Crippen LogP contribution is -2.27. The second-order valence-electron chi connectivity index (χ2n) is 30.0. The number of hydrogen-bond acceptors (Lipinski definition) is 15. The Labute approximate surface area is 653 Å². The second kappa shape index (κ2) is 41.6. The van der Waals surface area contributed by atoms with E-state index in [-0.39, 0.29) is 22.7 Å². The number of alkyl halides is 2. The van der Waals surface area contributed by atoms with Crippen molar-refractivity contribution in [3.63, 3.8) is 0 Å². The number of aromatic nitrogens is 8. The molecule has 22 heteroatoms. The van der Waals surface area contributed by atoms with Gasteiger partial charge in [0.1, 0.15) is 49.4 Å². The molecule has 0 atom stereocenters. The standard InChI is InChI=1S/C24H33N3O.C22H27F2N3O.C22H27N3O2.C21H27N5O2/c1-6-7-14-27(5)16-23-21-15-20(12-13-22(21)25-26-23)28-17-18-8-10-19(11-9-18)24(2,3)4;1-4-5-12-27(3)14-21-19-13-18(10-11-20(19)25-26-21)28-15-16-6-8-17(9-7-16)22(2,23)24;1-4-5-12-25(3)14-22-20-13-19(10-11-21(20)23-24-22)27-15-17-6-8-18(9-7-17)16(2)26;1-15(27)23-17-6-4-5-16(11-17)14-28-18-7-8-20-19(12-18)21(25-24-20)13-26(3)10-9-22-2/h8-13,15H,6-7,14,16-17H2,1-5H3,(H,25,26);6-11,13H,4-5,12,14-15H2,1-3H3,(H,25,26);6-11,13H,4-5,12,14-15H2,1-3H3,(H,23,24);4-8,11-12,22H,9-10,13-14H2,1-3H3,(H,23,27)(H,24,25). The molecule has 111 heavy (non-hydrogen) atoms. The minimum absolute atomic E-state index is 0.00732. The molecule has 4 heterocycles. The van der Waals surface area contributed by atoms with E-state index in [9.17, 15) is 18.4 Å². The van der Waals surface area contributed by atoms with E-state index < -0.39 is 5.92 Å². The lowest BCUT2D eigenvalue weighted by Gasteiger charge is -2.19. The molecule has 0 unspecified atom stereocenters. The van der Waals surface area contributed by atoms with Crippen LogP contribution in [0.1, 0.15) is 167 Å². The maximum absolute atomic E-state index is 13.3. The molecule has 0 radical (unpaired) electrons. The van der Waals surface area contributed by atoms with Crippen LogP contribution in [0.4, 0.5) is 14.5 Å². The van der Waals surface area contributed by atoms with Gasteiger partial charge in [0.25, 0.3) is 5.92 Å². The molecular formula is C89H114F2N14O6. The number of nitrogens with one attached hydrogen (secondary N) is 6. The predicted octanol–water partition coefficient (Wildman–Crippen LogP) is 18.5. The Morgan fingerprint density at radius 1 is 0.423 bits per heavy atom. The fourth-order valence-corrected chi connectivity index (χ4v) is 12.4. The summed E-state index contributed by atoms with van der Waals surface area (Å²) in [6.07, 6.45) is 7.15. The molecule has 12 rings (SSSR count). The Morgan fingerprint density at radius 2 is 0.757 bits per heavy atom. The number of carbonyl (C=O) groups is 2. The van der Waals surface area contributed by atoms with Crippen LogP contribution in [0.2, 0.25) is 0 Å². The molecule has 6 N–H and O–H groups in total. The van der Waals surface area contributed by atoms with Gasteiger partial charge in [-0.3, -0.25) is 34.9 Å². The van der Waals surface area contributed by atoms with Gasteiger partial charge in [0.05, 0.1) is 44.8 Å². The second-order valence-corrected chi connectivity index (χ2v) is 30.0. The van der Waals surface area contributed by atoms with Crippen molar-refractivity contribution in [3.8, 4) is 23.0 Å². The number of carbonyl (C=O) groups excluding carboxylic acids is 2. The number of likely N-dealkylation sites (N-methyl/N-ethyl adjacent to an activating group) is 2. The van der Waals surface area contributed by atoms with Gasteiger partial charge in [-0.1, -0.05) is 146 Å². The molecule has 0 spiro atoms. The number of hydrogen-bond donors (Lipinski definition) is 6. The molecule has 0 aliphatic carbocycles. The van der Waals surface area contributed by atoms with Crippen LogP contribution in [0.5, 0.6) is 23.0 Å². The zero-order valence-corrected chi connectivity index (χ0v) is 67.4. The van der Waals surface area contributed by atoms with Crippen molar-refractivity contribution in [1.82, 2.24) is 65.7 Å². The van der Waals surface area contributed by atoms with E-state index in [1.165, 1.54) is 68.7 Å². The van der Waals surface area contributed by atoms with Crippen LogP contribution in [0, 0.1) is 0 Å². The largest absolute Gasteiger partial charge is 0.489 e. The summed E-state index contributed by atoms with van der Waals surface area (Å²) in [5.41, 5.74) is 15.2. The number of ketones is 1. The summed E-state index contributed by atoms with van der Waals surface area (Å²) in [7, 11) is 10.4. The number of rotatable bonds is 35. The van der Waals surface area contributed by atoms with Crippen LogP contribution in [-0.4, -0.2) is 140 Å². The van der Waals surface area contributed by atoms with Crippen molar-refractivity contribution in [2.45, 2.75) is 165 Å². The SMILES string of the molecule is CCCCN(C)Cc1[nH]nc2ccc(OCc3ccc(C(C)(C)C)cc3)cc12.CCCCN(C)Cc1[nH]nc2ccc(OCc3ccc(C(C)(F)F)cc3)cc12.CCCCN(C)Cc1[nH]nc2ccc(OCc3ccc(C(C)=O)cc3)cc12.CNCCN(C)Cc1[nH]nc2ccc(OCc3cccc(NC(C)=O)c3)cc12. The third kappa shape index (κ3) is 26.4. The predicted molar refractivity (Wildman–Crippen MR) is 444 cm³/mol. The molecule has 0 saturated heterocycles. The maximum Gasteiger partial charge on any atom is 0.270 e. The zero-order chi connectivity index (χ0) is 79.5. The van der Waals surface area contributed by atoms with Crippen molar-refractivity contribution in [3.05, 3.63) is 232 Å². The molecular weight excluding hydrogens is 1400 g/mol. The van der Waals surface area contributed by atoms with E-state index in [1.807, 2.05) is 122 Å². The molecule has 0 aliphatic heterocycles. The van der Waals surface area contributed by atoms with Gasteiger partial charge < -0.3 is 44.3 Å². The minimum atomic E-state index is -2.83. The van der Waals surface area contributed by atoms with Crippen LogP contribution in [0.25, 0.3) is 43.6 Å². The average Bonchev–Trinajstić information content (AvgIpc) is 1.70. The highest BCUT2D eigenvalue weighted by Crippen LogP contribution is 2.31.